The highest BCUT2D eigenvalue weighted by Crippen LogP contribution is 2.40. The zero-order chi connectivity index (χ0) is 32.9. The first-order valence-electron chi connectivity index (χ1n) is 16.4. The second kappa shape index (κ2) is 11.5. The first-order chi connectivity index (χ1) is 24.2. The van der Waals surface area contributed by atoms with E-state index in [4.69, 9.17) is 16.4 Å². The quantitative estimate of drug-likeness (QED) is 0.178. The minimum atomic E-state index is 0.574. The summed E-state index contributed by atoms with van der Waals surface area (Å²) >= 11 is 0. The van der Waals surface area contributed by atoms with Gasteiger partial charge in [0.2, 0.25) is 0 Å². The molecule has 4 aromatic heterocycles. The fourth-order valence-corrected chi connectivity index (χ4v) is 7.20. The number of hydrogen-bond donors (Lipinski definition) is 0. The monoisotopic (exact) mass is 626 g/mol. The maximum Gasteiger partial charge on any atom is 0.139 e. The molecule has 0 aliphatic rings. The highest BCUT2D eigenvalue weighted by Gasteiger charge is 2.21. The molecule has 0 amide bonds. The molecule has 4 nitrogen and oxygen atoms in total. The number of hydrogen-bond acceptors (Lipinski definition) is 2. The molecule has 0 aliphatic carbocycles. The molecule has 5 aromatic carbocycles. The van der Waals surface area contributed by atoms with Crippen molar-refractivity contribution >= 4 is 49.7 Å². The number of allylic oxidation sites excluding steroid dienone is 1. The third kappa shape index (κ3) is 4.56. The van der Waals surface area contributed by atoms with Crippen molar-refractivity contribution in [2.75, 3.05) is 0 Å². The summed E-state index contributed by atoms with van der Waals surface area (Å²) in [6, 6.07) is 50.9. The van der Waals surface area contributed by atoms with Gasteiger partial charge in [-0.15, -0.1) is 6.42 Å². The van der Waals surface area contributed by atoms with E-state index >= 15 is 0 Å². The topological polar surface area (TPSA) is 35.6 Å². The van der Waals surface area contributed by atoms with Crippen LogP contribution in [0.5, 0.6) is 0 Å². The van der Waals surface area contributed by atoms with Crippen LogP contribution in [0.15, 0.2) is 152 Å². The molecule has 4 heterocycles. The number of terminal acetylenes is 1. The molecular formula is C45H30N4. The summed E-state index contributed by atoms with van der Waals surface area (Å²) in [4.78, 5) is 10.3. The SMILES string of the molecule is C#Cc1nc(-n2c3ccccc3c3cc4c(cc32)c2ccccc2n4-c2ccccc2)cc(-c2cccc(-c3ccccc3)n2)c1/C=C\C. The summed E-state index contributed by atoms with van der Waals surface area (Å²) in [5.41, 5.74) is 10.8. The molecule has 0 N–H and O–H groups in total. The van der Waals surface area contributed by atoms with E-state index in [1.165, 1.54) is 16.3 Å². The lowest BCUT2D eigenvalue weighted by Crippen LogP contribution is -2.03. The molecule has 4 heteroatoms. The summed E-state index contributed by atoms with van der Waals surface area (Å²) in [5, 5.41) is 4.67. The molecule has 0 radical (unpaired) electrons. The van der Waals surface area contributed by atoms with Crippen LogP contribution in [0.2, 0.25) is 0 Å². The average Bonchev–Trinajstić information content (AvgIpc) is 3.67. The molecule has 0 spiro atoms. The van der Waals surface area contributed by atoms with Gasteiger partial charge < -0.3 is 4.57 Å². The van der Waals surface area contributed by atoms with E-state index in [1.807, 2.05) is 49.4 Å². The van der Waals surface area contributed by atoms with Crippen molar-refractivity contribution in [1.82, 2.24) is 19.1 Å². The number of para-hydroxylation sites is 3. The molecule has 9 rings (SSSR count). The molecule has 0 bridgehead atoms. The zero-order valence-corrected chi connectivity index (χ0v) is 26.9. The van der Waals surface area contributed by atoms with Crippen molar-refractivity contribution in [1.29, 1.82) is 0 Å². The van der Waals surface area contributed by atoms with Crippen molar-refractivity contribution in [2.24, 2.45) is 0 Å². The van der Waals surface area contributed by atoms with E-state index in [0.717, 1.165) is 66.9 Å². The van der Waals surface area contributed by atoms with Crippen molar-refractivity contribution in [3.8, 4) is 46.4 Å². The van der Waals surface area contributed by atoms with E-state index < -0.39 is 0 Å². The van der Waals surface area contributed by atoms with Crippen LogP contribution in [0.4, 0.5) is 0 Å². The third-order valence-corrected chi connectivity index (χ3v) is 9.32. The van der Waals surface area contributed by atoms with Crippen LogP contribution in [0, 0.1) is 12.3 Å². The first-order valence-corrected chi connectivity index (χ1v) is 16.4. The Morgan fingerprint density at radius 1 is 0.551 bits per heavy atom. The van der Waals surface area contributed by atoms with E-state index in [9.17, 15) is 0 Å². The first kappa shape index (κ1) is 28.5. The Morgan fingerprint density at radius 2 is 1.14 bits per heavy atom. The molecule has 230 valence electrons. The van der Waals surface area contributed by atoms with Gasteiger partial charge in [-0.05, 0) is 67.4 Å². The molecule has 0 saturated carbocycles. The Morgan fingerprint density at radius 3 is 1.82 bits per heavy atom. The van der Waals surface area contributed by atoms with Crippen molar-refractivity contribution in [3.05, 3.63) is 163 Å². The normalized spacial score (nSPS) is 11.7. The summed E-state index contributed by atoms with van der Waals surface area (Å²) in [6.45, 7) is 2.00. The summed E-state index contributed by atoms with van der Waals surface area (Å²) < 4.78 is 4.61. The second-order valence-electron chi connectivity index (χ2n) is 12.1. The Bertz CT molecular complexity index is 2780. The van der Waals surface area contributed by atoms with Gasteiger partial charge in [-0.3, -0.25) is 4.57 Å². The number of rotatable bonds is 5. The zero-order valence-electron chi connectivity index (χ0n) is 26.9. The standard InChI is InChI=1S/C45H30N4/c1-3-16-32-35(40-24-15-23-39(46-40)30-17-7-5-8-18-30)29-45(47-38(32)4-2)49-42-26-14-12-22-34(42)37-27-43-36(28-44(37)49)33-21-11-13-25-41(33)48(43)31-19-9-6-10-20-31/h2-3,5-29H,1H3/b16-3-. The summed E-state index contributed by atoms with van der Waals surface area (Å²) in [5.74, 6) is 3.65. The third-order valence-electron chi connectivity index (χ3n) is 9.32. The predicted molar refractivity (Wildman–Crippen MR) is 204 cm³/mol. The number of aromatic nitrogens is 4. The molecule has 0 atom stereocenters. The second-order valence-corrected chi connectivity index (χ2v) is 12.1. The highest BCUT2D eigenvalue weighted by molar-refractivity contribution is 6.19. The van der Waals surface area contributed by atoms with Gasteiger partial charge in [0, 0.05) is 43.9 Å². The Hall–Kier alpha value is -6.70. The van der Waals surface area contributed by atoms with Crippen LogP contribution in [0.1, 0.15) is 18.2 Å². The number of pyridine rings is 2. The fourth-order valence-electron chi connectivity index (χ4n) is 7.20. The van der Waals surface area contributed by atoms with E-state index in [-0.39, 0.29) is 0 Å². The predicted octanol–water partition coefficient (Wildman–Crippen LogP) is 11.0. The van der Waals surface area contributed by atoms with Crippen LogP contribution in [0.3, 0.4) is 0 Å². The number of benzene rings is 5. The molecular weight excluding hydrogens is 597 g/mol. The maximum atomic E-state index is 6.21. The number of nitrogens with zero attached hydrogens (tertiary/aromatic N) is 4. The lowest BCUT2D eigenvalue weighted by Gasteiger charge is -2.14. The molecule has 9 aromatic rings. The summed E-state index contributed by atoms with van der Waals surface area (Å²) in [7, 11) is 0. The molecule has 0 fully saturated rings. The smallest absolute Gasteiger partial charge is 0.139 e. The van der Waals surface area contributed by atoms with Crippen molar-refractivity contribution in [2.45, 2.75) is 6.92 Å². The minimum Gasteiger partial charge on any atom is -0.309 e. The highest BCUT2D eigenvalue weighted by atomic mass is 15.1. The largest absolute Gasteiger partial charge is 0.309 e. The van der Waals surface area contributed by atoms with Gasteiger partial charge in [-0.2, -0.15) is 0 Å². The van der Waals surface area contributed by atoms with E-state index in [0.29, 0.717) is 5.69 Å². The van der Waals surface area contributed by atoms with Crippen LogP contribution in [-0.4, -0.2) is 19.1 Å². The van der Waals surface area contributed by atoms with Gasteiger partial charge in [0.25, 0.3) is 0 Å². The van der Waals surface area contributed by atoms with E-state index in [1.54, 1.807) is 0 Å². The maximum absolute atomic E-state index is 6.21. The van der Waals surface area contributed by atoms with Crippen molar-refractivity contribution < 1.29 is 0 Å². The fraction of sp³-hybridized carbons (Fsp3) is 0.0222. The van der Waals surface area contributed by atoms with Crippen LogP contribution in [0.25, 0.3) is 83.7 Å². The molecule has 0 aliphatic heterocycles. The lowest BCUT2D eigenvalue weighted by molar-refractivity contribution is 1.07. The molecule has 0 saturated heterocycles. The average molecular weight is 627 g/mol. The Kier molecular flexibility index (Phi) is 6.71. The van der Waals surface area contributed by atoms with Gasteiger partial charge >= 0.3 is 0 Å². The molecule has 49 heavy (non-hydrogen) atoms. The van der Waals surface area contributed by atoms with Crippen molar-refractivity contribution in [3.63, 3.8) is 0 Å². The van der Waals surface area contributed by atoms with Gasteiger partial charge in [0.05, 0.1) is 33.5 Å². The van der Waals surface area contributed by atoms with Crippen LogP contribution in [-0.2, 0) is 0 Å². The number of fused-ring (bicyclic) bond motifs is 6. The summed E-state index contributed by atoms with van der Waals surface area (Å²) in [6.07, 6.45) is 10.2. The molecule has 0 unspecified atom stereocenters. The minimum absolute atomic E-state index is 0.574. The van der Waals surface area contributed by atoms with E-state index in [2.05, 4.69) is 130 Å². The lowest BCUT2D eigenvalue weighted by atomic mass is 10.0. The van der Waals surface area contributed by atoms with Crippen LogP contribution >= 0.6 is 0 Å². The van der Waals surface area contributed by atoms with Gasteiger partial charge in [-0.25, -0.2) is 9.97 Å². The van der Waals surface area contributed by atoms with Gasteiger partial charge in [0.1, 0.15) is 11.5 Å². The Labute approximate surface area is 284 Å². The Balaban J connectivity index is 1.36. The van der Waals surface area contributed by atoms with Crippen LogP contribution < -0.4 is 0 Å². The van der Waals surface area contributed by atoms with Gasteiger partial charge in [0.15, 0.2) is 0 Å². The van der Waals surface area contributed by atoms with Gasteiger partial charge in [-0.1, -0.05) is 103 Å².